The second kappa shape index (κ2) is 6.33. The van der Waals surface area contributed by atoms with E-state index in [0.717, 1.165) is 32.1 Å². The molecule has 2 N–H and O–H groups in total. The molecule has 2 heteroatoms. The lowest BCUT2D eigenvalue weighted by Gasteiger charge is -2.51. The monoisotopic (exact) mass is 304 g/mol. The van der Waals surface area contributed by atoms with Crippen molar-refractivity contribution in [3.63, 3.8) is 0 Å². The molecule has 22 heavy (non-hydrogen) atoms. The molecule has 0 bridgehead atoms. The van der Waals surface area contributed by atoms with Crippen LogP contribution in [0, 0.1) is 17.3 Å². The highest BCUT2D eigenvalue weighted by Crippen LogP contribution is 2.54. The van der Waals surface area contributed by atoms with Gasteiger partial charge in [-0.05, 0) is 64.7 Å². The van der Waals surface area contributed by atoms with Crippen molar-refractivity contribution < 1.29 is 10.2 Å². The van der Waals surface area contributed by atoms with Crippen LogP contribution in [-0.4, -0.2) is 21.9 Å². The van der Waals surface area contributed by atoms with Crippen molar-refractivity contribution >= 4 is 0 Å². The molecule has 0 spiro atoms. The molecule has 2 aliphatic carbocycles. The van der Waals surface area contributed by atoms with Crippen molar-refractivity contribution in [2.45, 2.75) is 71.5 Å². The number of hydrogen-bond acceptors (Lipinski definition) is 2. The Morgan fingerprint density at radius 2 is 2.05 bits per heavy atom. The summed E-state index contributed by atoms with van der Waals surface area (Å²) in [6.07, 6.45) is 10.9. The van der Waals surface area contributed by atoms with Crippen LogP contribution in [0.2, 0.25) is 0 Å². The van der Waals surface area contributed by atoms with Gasteiger partial charge >= 0.3 is 0 Å². The molecule has 0 saturated heterocycles. The Hall–Kier alpha value is -0.860. The smallest absolute Gasteiger partial charge is 0.0774 e. The van der Waals surface area contributed by atoms with E-state index < -0.39 is 5.60 Å². The van der Waals surface area contributed by atoms with Gasteiger partial charge in [0.15, 0.2) is 0 Å². The van der Waals surface area contributed by atoms with Gasteiger partial charge in [-0.25, -0.2) is 0 Å². The molecule has 0 aliphatic heterocycles. The van der Waals surface area contributed by atoms with Gasteiger partial charge < -0.3 is 10.2 Å². The quantitative estimate of drug-likeness (QED) is 0.599. The summed E-state index contributed by atoms with van der Waals surface area (Å²) in [6, 6.07) is 0. The van der Waals surface area contributed by atoms with E-state index in [1.54, 1.807) is 13.8 Å². The molecule has 4 atom stereocenters. The first-order valence-electron chi connectivity index (χ1n) is 8.57. The highest BCUT2D eigenvalue weighted by Gasteiger charge is 2.48. The highest BCUT2D eigenvalue weighted by molar-refractivity contribution is 5.21. The zero-order valence-corrected chi connectivity index (χ0v) is 14.6. The van der Waals surface area contributed by atoms with Gasteiger partial charge in [0, 0.05) is 5.41 Å². The van der Waals surface area contributed by atoms with Crippen molar-refractivity contribution in [3.05, 3.63) is 36.0 Å². The van der Waals surface area contributed by atoms with E-state index in [0.29, 0.717) is 11.8 Å². The molecule has 2 aliphatic rings. The summed E-state index contributed by atoms with van der Waals surface area (Å²) in [5, 5.41) is 20.2. The highest BCUT2D eigenvalue weighted by atomic mass is 16.3. The van der Waals surface area contributed by atoms with E-state index >= 15 is 0 Å². The second-order valence-corrected chi connectivity index (χ2v) is 8.17. The molecular formula is C20H32O2. The van der Waals surface area contributed by atoms with E-state index in [4.69, 9.17) is 0 Å². The Labute approximate surface area is 135 Å². The van der Waals surface area contributed by atoms with Crippen LogP contribution in [-0.2, 0) is 0 Å². The van der Waals surface area contributed by atoms with Crippen molar-refractivity contribution in [3.8, 4) is 0 Å². The molecule has 0 aromatic carbocycles. The van der Waals surface area contributed by atoms with E-state index in [-0.39, 0.29) is 11.5 Å². The Balaban J connectivity index is 2.09. The minimum Gasteiger partial charge on any atom is -0.393 e. The lowest BCUT2D eigenvalue weighted by atomic mass is 9.55. The number of fused-ring (bicyclic) bond motifs is 1. The van der Waals surface area contributed by atoms with E-state index in [2.05, 4.69) is 26.5 Å². The minimum absolute atomic E-state index is 0.0229. The first kappa shape index (κ1) is 17.5. The Bertz CT molecular complexity index is 480. The van der Waals surface area contributed by atoms with Gasteiger partial charge in [-0.15, -0.1) is 0 Å². The molecule has 0 aromatic heterocycles. The average molecular weight is 304 g/mol. The average Bonchev–Trinajstić information content (AvgIpc) is 2.42. The Kier molecular flexibility index (Phi) is 5.03. The van der Waals surface area contributed by atoms with Gasteiger partial charge in [0.1, 0.15) is 0 Å². The standard InChI is InChI=1S/C20H32O2/c1-14(7-6-11-19(3,4)22)16-10-12-20(5)17(13-16)15(2)8-9-18(20)21/h6-7,11,16-18,21-22H,2,8-10,12-13H2,1,3-5H3. The van der Waals surface area contributed by atoms with Crippen LogP contribution in [0.1, 0.15) is 59.8 Å². The fourth-order valence-corrected chi connectivity index (χ4v) is 4.17. The molecule has 2 nitrogen and oxygen atoms in total. The first-order valence-corrected chi connectivity index (χ1v) is 8.57. The Morgan fingerprint density at radius 1 is 1.36 bits per heavy atom. The zero-order valence-electron chi connectivity index (χ0n) is 14.6. The number of aliphatic hydroxyl groups is 2. The van der Waals surface area contributed by atoms with Crippen LogP contribution in [0.5, 0.6) is 0 Å². The van der Waals surface area contributed by atoms with Crippen molar-refractivity contribution in [2.75, 3.05) is 0 Å². The molecule has 0 heterocycles. The summed E-state index contributed by atoms with van der Waals surface area (Å²) in [4.78, 5) is 0. The summed E-state index contributed by atoms with van der Waals surface area (Å²) in [7, 11) is 0. The lowest BCUT2D eigenvalue weighted by Crippen LogP contribution is -2.47. The maximum atomic E-state index is 10.4. The van der Waals surface area contributed by atoms with E-state index in [1.807, 2.05) is 12.2 Å². The van der Waals surface area contributed by atoms with Crippen LogP contribution < -0.4 is 0 Å². The van der Waals surface area contributed by atoms with Gasteiger partial charge in [0.25, 0.3) is 0 Å². The van der Waals surface area contributed by atoms with E-state index in [9.17, 15) is 10.2 Å². The fraction of sp³-hybridized carbons (Fsp3) is 0.700. The van der Waals surface area contributed by atoms with Gasteiger partial charge in [-0.3, -0.25) is 0 Å². The normalized spacial score (nSPS) is 37.5. The van der Waals surface area contributed by atoms with Gasteiger partial charge in [-0.2, -0.15) is 0 Å². The summed E-state index contributed by atoms with van der Waals surface area (Å²) < 4.78 is 0. The van der Waals surface area contributed by atoms with E-state index in [1.165, 1.54) is 11.1 Å². The van der Waals surface area contributed by atoms with Gasteiger partial charge in [-0.1, -0.05) is 42.9 Å². The summed E-state index contributed by atoms with van der Waals surface area (Å²) in [5.41, 5.74) is 1.96. The Morgan fingerprint density at radius 3 is 2.68 bits per heavy atom. The molecule has 2 saturated carbocycles. The van der Waals surface area contributed by atoms with Crippen LogP contribution in [0.4, 0.5) is 0 Å². The SMILES string of the molecule is C=C1CCC(O)C2(C)CCC(C(C)=CC=CC(C)(C)O)CC12. The summed E-state index contributed by atoms with van der Waals surface area (Å²) in [6.45, 7) is 12.3. The molecule has 2 rings (SSSR count). The predicted octanol–water partition coefficient (Wildman–Crippen LogP) is 4.39. The van der Waals surface area contributed by atoms with Crippen LogP contribution in [0.3, 0.4) is 0 Å². The molecule has 4 unspecified atom stereocenters. The largest absolute Gasteiger partial charge is 0.393 e. The minimum atomic E-state index is -0.760. The second-order valence-electron chi connectivity index (χ2n) is 8.17. The van der Waals surface area contributed by atoms with Crippen LogP contribution in [0.25, 0.3) is 0 Å². The number of aliphatic hydroxyl groups excluding tert-OH is 1. The molecule has 0 radical (unpaired) electrons. The van der Waals surface area contributed by atoms with Crippen molar-refractivity contribution in [1.82, 2.24) is 0 Å². The third-order valence-corrected chi connectivity index (χ3v) is 5.85. The molecule has 2 fully saturated rings. The van der Waals surface area contributed by atoms with Crippen molar-refractivity contribution in [2.24, 2.45) is 17.3 Å². The molecule has 124 valence electrons. The maximum absolute atomic E-state index is 10.4. The number of hydrogen-bond donors (Lipinski definition) is 2. The van der Waals surface area contributed by atoms with Crippen molar-refractivity contribution in [1.29, 1.82) is 0 Å². The summed E-state index contributed by atoms with van der Waals surface area (Å²) in [5.74, 6) is 1.00. The topological polar surface area (TPSA) is 40.5 Å². The molecule has 0 aromatic rings. The van der Waals surface area contributed by atoms with Gasteiger partial charge in [0.05, 0.1) is 11.7 Å². The van der Waals surface area contributed by atoms with Crippen LogP contribution >= 0.6 is 0 Å². The number of rotatable bonds is 3. The molecule has 0 amide bonds. The van der Waals surface area contributed by atoms with Crippen LogP contribution in [0.15, 0.2) is 36.0 Å². The maximum Gasteiger partial charge on any atom is 0.0774 e. The molecular weight excluding hydrogens is 272 g/mol. The third kappa shape index (κ3) is 3.72. The predicted molar refractivity (Wildman–Crippen MR) is 92.5 cm³/mol. The summed E-state index contributed by atoms with van der Waals surface area (Å²) >= 11 is 0. The lowest BCUT2D eigenvalue weighted by molar-refractivity contribution is -0.0506. The zero-order chi connectivity index (χ0) is 16.5. The number of allylic oxidation sites excluding steroid dienone is 4. The van der Waals surface area contributed by atoms with Gasteiger partial charge in [0.2, 0.25) is 0 Å². The first-order chi connectivity index (χ1) is 10.1. The fourth-order valence-electron chi connectivity index (χ4n) is 4.17. The third-order valence-electron chi connectivity index (χ3n) is 5.85.